The van der Waals surface area contributed by atoms with Crippen molar-refractivity contribution in [2.45, 2.75) is 38.9 Å². The van der Waals surface area contributed by atoms with Gasteiger partial charge in [0.15, 0.2) is 0 Å². The Morgan fingerprint density at radius 1 is 1.73 bits per heavy atom. The second-order valence-corrected chi connectivity index (χ2v) is 3.06. The van der Waals surface area contributed by atoms with E-state index >= 15 is 0 Å². The lowest BCUT2D eigenvalue weighted by Gasteiger charge is -2.29. The summed E-state index contributed by atoms with van der Waals surface area (Å²) in [6, 6.07) is 0. The molecule has 1 heterocycles. The molecule has 0 aromatic carbocycles. The number of hydrogen-bond donors (Lipinski definition) is 1. The molecular formula is C8H14O3. The average Bonchev–Trinajstić information content (AvgIpc) is 1.99. The van der Waals surface area contributed by atoms with Crippen molar-refractivity contribution in [1.29, 1.82) is 0 Å². The molecule has 3 nitrogen and oxygen atoms in total. The molecule has 3 heteroatoms. The molecule has 0 aromatic heterocycles. The number of esters is 1. The van der Waals surface area contributed by atoms with Crippen molar-refractivity contribution in [3.05, 3.63) is 0 Å². The van der Waals surface area contributed by atoms with Crippen LogP contribution in [0.1, 0.15) is 26.7 Å². The summed E-state index contributed by atoms with van der Waals surface area (Å²) in [5.41, 5.74) is 0. The fourth-order valence-corrected chi connectivity index (χ4v) is 1.20. The number of cyclic esters (lactones) is 1. The van der Waals surface area contributed by atoms with Crippen LogP contribution >= 0.6 is 0 Å². The number of hydrogen-bond acceptors (Lipinski definition) is 3. The zero-order valence-corrected chi connectivity index (χ0v) is 6.91. The van der Waals surface area contributed by atoms with Crippen LogP contribution in [0.5, 0.6) is 0 Å². The van der Waals surface area contributed by atoms with Crippen molar-refractivity contribution in [2.75, 3.05) is 0 Å². The largest absolute Gasteiger partial charge is 0.462 e. The van der Waals surface area contributed by atoms with Crippen molar-refractivity contribution in [2.24, 2.45) is 5.92 Å². The molecule has 0 aromatic rings. The van der Waals surface area contributed by atoms with E-state index in [4.69, 9.17) is 4.74 Å². The quantitative estimate of drug-likeness (QED) is 0.572. The van der Waals surface area contributed by atoms with Crippen LogP contribution in [0.4, 0.5) is 0 Å². The standard InChI is InChI=1S/C8H14O3/c1-3-6-4-7(9)5(2)8(10)11-6/h5-7,9H,3-4H2,1-2H3/t5-,6-,7+/m1/s1. The van der Waals surface area contributed by atoms with Crippen molar-refractivity contribution >= 4 is 5.97 Å². The van der Waals surface area contributed by atoms with Gasteiger partial charge in [0.1, 0.15) is 6.10 Å². The van der Waals surface area contributed by atoms with Gasteiger partial charge in [0, 0.05) is 6.42 Å². The first-order valence-corrected chi connectivity index (χ1v) is 4.03. The summed E-state index contributed by atoms with van der Waals surface area (Å²) in [6.45, 7) is 3.64. The Hall–Kier alpha value is -0.570. The maximum absolute atomic E-state index is 11.0. The Labute approximate surface area is 66.4 Å². The topological polar surface area (TPSA) is 46.5 Å². The van der Waals surface area contributed by atoms with E-state index in [0.29, 0.717) is 6.42 Å². The number of carbonyl (C=O) groups excluding carboxylic acids is 1. The third-order valence-corrected chi connectivity index (χ3v) is 2.19. The fourth-order valence-electron chi connectivity index (χ4n) is 1.20. The van der Waals surface area contributed by atoms with Crippen LogP contribution in [0, 0.1) is 5.92 Å². The van der Waals surface area contributed by atoms with Crippen molar-refractivity contribution in [3.8, 4) is 0 Å². The van der Waals surface area contributed by atoms with Crippen LogP contribution < -0.4 is 0 Å². The summed E-state index contributed by atoms with van der Waals surface area (Å²) < 4.78 is 5.02. The molecule has 0 radical (unpaired) electrons. The smallest absolute Gasteiger partial charge is 0.311 e. The first kappa shape index (κ1) is 8.53. The van der Waals surface area contributed by atoms with Gasteiger partial charge in [0.05, 0.1) is 12.0 Å². The van der Waals surface area contributed by atoms with Gasteiger partial charge in [0.2, 0.25) is 0 Å². The molecule has 64 valence electrons. The maximum atomic E-state index is 11.0. The fraction of sp³-hybridized carbons (Fsp3) is 0.875. The second-order valence-electron chi connectivity index (χ2n) is 3.06. The average molecular weight is 158 g/mol. The zero-order valence-electron chi connectivity index (χ0n) is 6.91. The second kappa shape index (κ2) is 3.22. The molecule has 0 saturated carbocycles. The van der Waals surface area contributed by atoms with Gasteiger partial charge in [0.25, 0.3) is 0 Å². The van der Waals surface area contributed by atoms with E-state index < -0.39 is 6.10 Å². The van der Waals surface area contributed by atoms with E-state index in [2.05, 4.69) is 0 Å². The molecule has 0 unspecified atom stereocenters. The highest BCUT2D eigenvalue weighted by atomic mass is 16.5. The zero-order chi connectivity index (χ0) is 8.43. The van der Waals surface area contributed by atoms with Crippen LogP contribution in [-0.2, 0) is 9.53 Å². The number of carbonyl (C=O) groups is 1. The first-order valence-electron chi connectivity index (χ1n) is 4.03. The summed E-state index contributed by atoms with van der Waals surface area (Å²) >= 11 is 0. The Morgan fingerprint density at radius 3 is 2.82 bits per heavy atom. The lowest BCUT2D eigenvalue weighted by molar-refractivity contribution is -0.168. The van der Waals surface area contributed by atoms with Crippen LogP contribution in [0.2, 0.25) is 0 Å². The van der Waals surface area contributed by atoms with Crippen LogP contribution in [-0.4, -0.2) is 23.3 Å². The lowest BCUT2D eigenvalue weighted by Crippen LogP contribution is -2.39. The minimum absolute atomic E-state index is 0.0753. The van der Waals surface area contributed by atoms with Gasteiger partial charge in [-0.1, -0.05) is 6.92 Å². The van der Waals surface area contributed by atoms with E-state index in [1.54, 1.807) is 6.92 Å². The van der Waals surface area contributed by atoms with Gasteiger partial charge < -0.3 is 9.84 Å². The summed E-state index contributed by atoms with van der Waals surface area (Å²) in [7, 11) is 0. The van der Waals surface area contributed by atoms with Gasteiger partial charge >= 0.3 is 5.97 Å². The molecule has 0 spiro atoms. The molecule has 0 amide bonds. The molecule has 1 rings (SSSR count). The van der Waals surface area contributed by atoms with Gasteiger partial charge in [-0.25, -0.2) is 0 Å². The summed E-state index contributed by atoms with van der Waals surface area (Å²) in [5.74, 6) is -0.617. The highest BCUT2D eigenvalue weighted by Crippen LogP contribution is 2.21. The van der Waals surface area contributed by atoms with E-state index in [1.165, 1.54) is 0 Å². The van der Waals surface area contributed by atoms with Gasteiger partial charge in [-0.05, 0) is 13.3 Å². The maximum Gasteiger partial charge on any atom is 0.311 e. The molecule has 0 bridgehead atoms. The minimum atomic E-state index is -0.513. The molecule has 1 fully saturated rings. The molecule has 0 aliphatic carbocycles. The highest BCUT2D eigenvalue weighted by molar-refractivity contribution is 5.73. The first-order chi connectivity index (χ1) is 5.15. The Morgan fingerprint density at radius 2 is 2.36 bits per heavy atom. The third-order valence-electron chi connectivity index (χ3n) is 2.19. The normalized spacial score (nSPS) is 38.5. The van der Waals surface area contributed by atoms with E-state index in [1.807, 2.05) is 6.92 Å². The van der Waals surface area contributed by atoms with Crippen molar-refractivity contribution in [3.63, 3.8) is 0 Å². The molecule has 1 aliphatic heterocycles. The van der Waals surface area contributed by atoms with Gasteiger partial charge in [-0.15, -0.1) is 0 Å². The number of ether oxygens (including phenoxy) is 1. The van der Waals surface area contributed by atoms with Crippen molar-refractivity contribution < 1.29 is 14.6 Å². The molecule has 1 aliphatic rings. The van der Waals surface area contributed by atoms with E-state index in [9.17, 15) is 9.90 Å². The summed E-state index contributed by atoms with van der Waals surface area (Å²) in [4.78, 5) is 11.0. The highest BCUT2D eigenvalue weighted by Gasteiger charge is 2.33. The van der Waals surface area contributed by atoms with Crippen molar-refractivity contribution in [1.82, 2.24) is 0 Å². The SMILES string of the molecule is CC[C@@H]1C[C@H](O)[C@@H](C)C(=O)O1. The lowest BCUT2D eigenvalue weighted by atomic mass is 9.95. The monoisotopic (exact) mass is 158 g/mol. The molecule has 3 atom stereocenters. The van der Waals surface area contributed by atoms with Gasteiger partial charge in [-0.2, -0.15) is 0 Å². The molecule has 11 heavy (non-hydrogen) atoms. The third kappa shape index (κ3) is 1.71. The minimum Gasteiger partial charge on any atom is -0.462 e. The molecule has 1 N–H and O–H groups in total. The van der Waals surface area contributed by atoms with Gasteiger partial charge in [-0.3, -0.25) is 4.79 Å². The Bertz CT molecular complexity index is 155. The predicted octanol–water partition coefficient (Wildman–Crippen LogP) is 0.709. The number of aliphatic hydroxyl groups is 1. The molecule has 1 saturated heterocycles. The molecular weight excluding hydrogens is 144 g/mol. The van der Waals surface area contributed by atoms with E-state index in [0.717, 1.165) is 6.42 Å². The number of rotatable bonds is 1. The Balaban J connectivity index is 2.54. The van der Waals surface area contributed by atoms with Crippen LogP contribution in [0.3, 0.4) is 0 Å². The Kier molecular flexibility index (Phi) is 2.49. The van der Waals surface area contributed by atoms with Crippen LogP contribution in [0.25, 0.3) is 0 Å². The van der Waals surface area contributed by atoms with Crippen LogP contribution in [0.15, 0.2) is 0 Å². The number of aliphatic hydroxyl groups excluding tert-OH is 1. The summed E-state index contributed by atoms with van der Waals surface area (Å²) in [6.07, 6.45) is 0.786. The summed E-state index contributed by atoms with van der Waals surface area (Å²) in [5, 5.41) is 9.35. The van der Waals surface area contributed by atoms with E-state index in [-0.39, 0.29) is 18.0 Å². The predicted molar refractivity (Wildman–Crippen MR) is 40.0 cm³/mol.